The van der Waals surface area contributed by atoms with Crippen LogP contribution in [0.25, 0.3) is 0 Å². The number of carbonyl (C=O) groups excluding carboxylic acids is 2. The Morgan fingerprint density at radius 2 is 1.94 bits per heavy atom. The summed E-state index contributed by atoms with van der Waals surface area (Å²) >= 11 is 0. The zero-order chi connectivity index (χ0) is 24.5. The first-order chi connectivity index (χ1) is 16.1. The van der Waals surface area contributed by atoms with Gasteiger partial charge in [-0.3, -0.25) is 9.78 Å². The maximum absolute atomic E-state index is 13.1. The van der Waals surface area contributed by atoms with Crippen LogP contribution < -0.4 is 9.47 Å². The van der Waals surface area contributed by atoms with Gasteiger partial charge >= 0.3 is 5.97 Å². The molecule has 1 atom stereocenters. The van der Waals surface area contributed by atoms with E-state index in [-0.39, 0.29) is 23.6 Å². The van der Waals surface area contributed by atoms with Crippen molar-refractivity contribution >= 4 is 11.9 Å². The summed E-state index contributed by atoms with van der Waals surface area (Å²) in [6.07, 6.45) is 4.52. The van der Waals surface area contributed by atoms with Gasteiger partial charge in [0.25, 0.3) is 11.8 Å². The highest BCUT2D eigenvalue weighted by atomic mass is 19.3. The van der Waals surface area contributed by atoms with Gasteiger partial charge in [0.15, 0.2) is 6.61 Å². The average molecular weight is 467 g/mol. The van der Waals surface area contributed by atoms with E-state index in [0.29, 0.717) is 23.2 Å². The molecule has 176 valence electrons. The molecule has 1 aromatic carbocycles. The van der Waals surface area contributed by atoms with Crippen molar-refractivity contribution < 1.29 is 27.8 Å². The van der Waals surface area contributed by atoms with Gasteiger partial charge in [-0.2, -0.15) is 0 Å². The number of hydrogen-bond donors (Lipinski definition) is 0. The summed E-state index contributed by atoms with van der Waals surface area (Å²) in [4.78, 5) is 35.2. The highest BCUT2D eigenvalue weighted by Crippen LogP contribution is 2.34. The fourth-order valence-electron chi connectivity index (χ4n) is 3.67. The van der Waals surface area contributed by atoms with E-state index in [1.54, 1.807) is 48.2 Å². The molecule has 1 aliphatic rings. The SMILES string of the molecule is Cc1cc(C(C)N2Cc3ccc(OC(=O)c4ccncc4)cc3C2=O)cnc1OCC(C)(F)F. The first kappa shape index (κ1) is 23.3. The average Bonchev–Trinajstić information content (AvgIpc) is 3.13. The van der Waals surface area contributed by atoms with Crippen molar-refractivity contribution in [2.75, 3.05) is 6.61 Å². The van der Waals surface area contributed by atoms with Crippen molar-refractivity contribution in [1.82, 2.24) is 14.9 Å². The molecule has 4 rings (SSSR count). The molecule has 3 aromatic rings. The van der Waals surface area contributed by atoms with Crippen molar-refractivity contribution in [3.8, 4) is 11.6 Å². The second kappa shape index (κ2) is 9.17. The fraction of sp³-hybridized carbons (Fsp3) is 0.280. The smallest absolute Gasteiger partial charge is 0.343 e. The van der Waals surface area contributed by atoms with Crippen molar-refractivity contribution in [2.24, 2.45) is 0 Å². The third-order valence-electron chi connectivity index (χ3n) is 5.50. The van der Waals surface area contributed by atoms with E-state index in [4.69, 9.17) is 9.47 Å². The lowest BCUT2D eigenvalue weighted by atomic mass is 10.1. The van der Waals surface area contributed by atoms with Gasteiger partial charge in [0, 0.05) is 43.2 Å². The molecule has 0 saturated heterocycles. The van der Waals surface area contributed by atoms with Crippen molar-refractivity contribution in [3.05, 3.63) is 82.8 Å². The summed E-state index contributed by atoms with van der Waals surface area (Å²) < 4.78 is 36.7. The molecule has 1 amide bonds. The van der Waals surface area contributed by atoms with E-state index in [9.17, 15) is 18.4 Å². The van der Waals surface area contributed by atoms with Gasteiger partial charge in [-0.1, -0.05) is 6.07 Å². The third kappa shape index (κ3) is 5.03. The number of nitrogens with zero attached hydrogens (tertiary/aromatic N) is 3. The van der Waals surface area contributed by atoms with Crippen LogP contribution in [0.4, 0.5) is 8.78 Å². The Morgan fingerprint density at radius 1 is 1.21 bits per heavy atom. The van der Waals surface area contributed by atoms with Crippen LogP contribution in [0.15, 0.2) is 55.0 Å². The number of carbonyl (C=O) groups is 2. The molecule has 0 aliphatic carbocycles. The molecule has 3 heterocycles. The van der Waals surface area contributed by atoms with Crippen LogP contribution in [-0.4, -0.2) is 39.3 Å². The molecule has 0 radical (unpaired) electrons. The van der Waals surface area contributed by atoms with Gasteiger partial charge in [-0.25, -0.2) is 18.6 Å². The number of amides is 1. The Morgan fingerprint density at radius 3 is 2.62 bits per heavy atom. The lowest BCUT2D eigenvalue weighted by Gasteiger charge is -2.25. The zero-order valence-corrected chi connectivity index (χ0v) is 18.9. The number of benzene rings is 1. The van der Waals surface area contributed by atoms with Crippen LogP contribution in [0.5, 0.6) is 11.6 Å². The summed E-state index contributed by atoms with van der Waals surface area (Å²) in [5.41, 5.74) is 2.98. The standard InChI is InChI=1S/C25H23F2N3O4/c1-15-10-19(12-29-22(15)33-14-25(3,26)27)16(2)30-13-18-4-5-20(11-21(18)23(30)31)34-24(32)17-6-8-28-9-7-17/h4-12,16H,13-14H2,1-3H3. The highest BCUT2D eigenvalue weighted by Gasteiger charge is 2.32. The number of halogens is 2. The minimum atomic E-state index is -2.96. The van der Waals surface area contributed by atoms with E-state index in [0.717, 1.165) is 18.1 Å². The number of pyridine rings is 2. The van der Waals surface area contributed by atoms with E-state index in [1.165, 1.54) is 18.6 Å². The molecule has 0 bridgehead atoms. The van der Waals surface area contributed by atoms with Crippen LogP contribution in [-0.2, 0) is 6.54 Å². The Kier molecular flexibility index (Phi) is 6.28. The van der Waals surface area contributed by atoms with E-state index in [2.05, 4.69) is 9.97 Å². The molecule has 0 N–H and O–H groups in total. The molecular weight excluding hydrogens is 444 g/mol. The Labute approximate surface area is 195 Å². The van der Waals surface area contributed by atoms with Gasteiger partial charge in [0.1, 0.15) is 5.75 Å². The van der Waals surface area contributed by atoms with Crippen LogP contribution in [0.1, 0.15) is 57.3 Å². The minimum Gasteiger partial charge on any atom is -0.471 e. The number of rotatable bonds is 7. The van der Waals surface area contributed by atoms with Gasteiger partial charge in [-0.15, -0.1) is 0 Å². The first-order valence-electron chi connectivity index (χ1n) is 10.7. The number of hydrogen-bond acceptors (Lipinski definition) is 6. The molecule has 34 heavy (non-hydrogen) atoms. The molecule has 1 unspecified atom stereocenters. The Bertz CT molecular complexity index is 1230. The van der Waals surface area contributed by atoms with Gasteiger partial charge in [0.05, 0.1) is 11.6 Å². The Hall–Kier alpha value is -3.88. The molecule has 7 nitrogen and oxygen atoms in total. The number of aryl methyl sites for hydroxylation is 1. The normalized spacial score (nSPS) is 14.0. The summed E-state index contributed by atoms with van der Waals surface area (Å²) in [7, 11) is 0. The van der Waals surface area contributed by atoms with Gasteiger partial charge < -0.3 is 14.4 Å². The van der Waals surface area contributed by atoms with Gasteiger partial charge in [-0.05, 0) is 55.3 Å². The van der Waals surface area contributed by atoms with E-state index < -0.39 is 18.5 Å². The number of alkyl halides is 2. The minimum absolute atomic E-state index is 0.133. The second-order valence-corrected chi connectivity index (χ2v) is 8.30. The third-order valence-corrected chi connectivity index (χ3v) is 5.50. The monoisotopic (exact) mass is 467 g/mol. The topological polar surface area (TPSA) is 81.6 Å². The second-order valence-electron chi connectivity index (χ2n) is 8.30. The maximum Gasteiger partial charge on any atom is 0.343 e. The molecule has 0 spiro atoms. The van der Waals surface area contributed by atoms with E-state index in [1.807, 2.05) is 6.92 Å². The maximum atomic E-state index is 13.1. The van der Waals surface area contributed by atoms with Crippen molar-refractivity contribution in [3.63, 3.8) is 0 Å². The largest absolute Gasteiger partial charge is 0.471 e. The molecular formula is C25H23F2N3O4. The fourth-order valence-corrected chi connectivity index (χ4v) is 3.67. The van der Waals surface area contributed by atoms with Crippen molar-refractivity contribution in [1.29, 1.82) is 0 Å². The summed E-state index contributed by atoms with van der Waals surface area (Å²) in [5.74, 6) is -3.29. The summed E-state index contributed by atoms with van der Waals surface area (Å²) in [5, 5.41) is 0. The highest BCUT2D eigenvalue weighted by molar-refractivity contribution is 5.99. The Balaban J connectivity index is 1.47. The number of aromatic nitrogens is 2. The van der Waals surface area contributed by atoms with Crippen LogP contribution in [0, 0.1) is 6.92 Å². The van der Waals surface area contributed by atoms with Crippen molar-refractivity contribution in [2.45, 2.75) is 39.3 Å². The quantitative estimate of drug-likeness (QED) is 0.368. The van der Waals surface area contributed by atoms with Crippen LogP contribution in [0.2, 0.25) is 0 Å². The number of ether oxygens (including phenoxy) is 2. The number of esters is 1. The molecule has 2 aromatic heterocycles. The van der Waals surface area contributed by atoms with Crippen LogP contribution >= 0.6 is 0 Å². The predicted molar refractivity (Wildman–Crippen MR) is 119 cm³/mol. The lowest BCUT2D eigenvalue weighted by Crippen LogP contribution is -2.27. The number of fused-ring (bicyclic) bond motifs is 1. The lowest BCUT2D eigenvalue weighted by molar-refractivity contribution is -0.0244. The molecule has 0 fully saturated rings. The first-order valence-corrected chi connectivity index (χ1v) is 10.7. The zero-order valence-electron chi connectivity index (χ0n) is 18.9. The van der Waals surface area contributed by atoms with E-state index >= 15 is 0 Å². The molecule has 1 aliphatic heterocycles. The summed E-state index contributed by atoms with van der Waals surface area (Å²) in [6.45, 7) is 3.99. The summed E-state index contributed by atoms with van der Waals surface area (Å²) in [6, 6.07) is 9.53. The molecule has 0 saturated carbocycles. The predicted octanol–water partition coefficient (Wildman–Crippen LogP) is 4.76. The van der Waals surface area contributed by atoms with Crippen LogP contribution in [0.3, 0.4) is 0 Å². The molecule has 9 heteroatoms. The van der Waals surface area contributed by atoms with Gasteiger partial charge in [0.2, 0.25) is 5.88 Å².